The van der Waals surface area contributed by atoms with Crippen LogP contribution in [0.3, 0.4) is 0 Å². The number of nitrogens with one attached hydrogen (secondary N) is 1. The Morgan fingerprint density at radius 1 is 1.53 bits per heavy atom. The van der Waals surface area contributed by atoms with Gasteiger partial charge in [-0.3, -0.25) is 19.7 Å². The zero-order chi connectivity index (χ0) is 13.8. The molecule has 1 amide bonds. The number of nitro groups is 1. The molecule has 0 bridgehead atoms. The SMILES string of the molecule is O=Cc1ccc(OCC(=O)NC2CC2)c([N+](=O)[O-])c1. The van der Waals surface area contributed by atoms with Gasteiger partial charge in [-0.2, -0.15) is 0 Å². The third kappa shape index (κ3) is 3.51. The Morgan fingerprint density at radius 3 is 2.84 bits per heavy atom. The van der Waals surface area contributed by atoms with Crippen LogP contribution in [0, 0.1) is 10.1 Å². The summed E-state index contributed by atoms with van der Waals surface area (Å²) >= 11 is 0. The van der Waals surface area contributed by atoms with E-state index in [4.69, 9.17) is 4.74 Å². The number of rotatable bonds is 6. The predicted octanol–water partition coefficient (Wildman–Crippen LogP) is 1.06. The second-order valence-corrected chi connectivity index (χ2v) is 4.23. The third-order valence-corrected chi connectivity index (χ3v) is 2.62. The van der Waals surface area contributed by atoms with Gasteiger partial charge in [-0.15, -0.1) is 0 Å². The van der Waals surface area contributed by atoms with Gasteiger partial charge in [0.1, 0.15) is 6.29 Å². The minimum atomic E-state index is -0.652. The van der Waals surface area contributed by atoms with Gasteiger partial charge in [-0.05, 0) is 25.0 Å². The first-order valence-electron chi connectivity index (χ1n) is 5.76. The van der Waals surface area contributed by atoms with Crippen molar-refractivity contribution in [2.75, 3.05) is 6.61 Å². The topological polar surface area (TPSA) is 98.5 Å². The summed E-state index contributed by atoms with van der Waals surface area (Å²) in [6.07, 6.45) is 2.43. The van der Waals surface area contributed by atoms with Crippen molar-refractivity contribution in [3.05, 3.63) is 33.9 Å². The predicted molar refractivity (Wildman–Crippen MR) is 65.1 cm³/mol. The van der Waals surface area contributed by atoms with Crippen LogP contribution in [0.5, 0.6) is 5.75 Å². The lowest BCUT2D eigenvalue weighted by atomic mass is 10.2. The number of carbonyl (C=O) groups is 2. The zero-order valence-electron chi connectivity index (χ0n) is 10.00. The standard InChI is InChI=1S/C12H12N2O5/c15-6-8-1-4-11(10(5-8)14(17)18)19-7-12(16)13-9-2-3-9/h1,4-6,9H,2-3,7H2,(H,13,16). The van der Waals surface area contributed by atoms with E-state index in [0.717, 1.165) is 18.9 Å². The molecule has 0 atom stereocenters. The van der Waals surface area contributed by atoms with Gasteiger partial charge < -0.3 is 10.1 Å². The van der Waals surface area contributed by atoms with E-state index in [1.165, 1.54) is 12.1 Å². The third-order valence-electron chi connectivity index (χ3n) is 2.62. The Kier molecular flexibility index (Phi) is 3.74. The average Bonchev–Trinajstić information content (AvgIpc) is 3.20. The molecule has 0 unspecified atom stereocenters. The molecule has 1 saturated carbocycles. The number of carbonyl (C=O) groups excluding carboxylic acids is 2. The Bertz CT molecular complexity index is 525. The van der Waals surface area contributed by atoms with Gasteiger partial charge in [0.15, 0.2) is 12.4 Å². The second-order valence-electron chi connectivity index (χ2n) is 4.23. The summed E-state index contributed by atoms with van der Waals surface area (Å²) in [5.41, 5.74) is -0.148. The zero-order valence-corrected chi connectivity index (χ0v) is 10.00. The smallest absolute Gasteiger partial charge is 0.311 e. The normalized spacial score (nSPS) is 13.7. The molecular weight excluding hydrogens is 252 g/mol. The summed E-state index contributed by atoms with van der Waals surface area (Å²) in [6, 6.07) is 4.03. The Labute approximate surface area is 108 Å². The number of aldehydes is 1. The molecule has 1 aromatic rings. The van der Waals surface area contributed by atoms with Crippen molar-refractivity contribution in [3.63, 3.8) is 0 Å². The highest BCUT2D eigenvalue weighted by atomic mass is 16.6. The molecule has 0 radical (unpaired) electrons. The van der Waals surface area contributed by atoms with Gasteiger partial charge in [-0.25, -0.2) is 0 Å². The summed E-state index contributed by atoms with van der Waals surface area (Å²) in [6.45, 7) is -0.280. The molecule has 19 heavy (non-hydrogen) atoms. The number of amides is 1. The van der Waals surface area contributed by atoms with E-state index in [9.17, 15) is 19.7 Å². The van der Waals surface area contributed by atoms with Crippen molar-refractivity contribution in [2.24, 2.45) is 0 Å². The molecule has 1 aromatic carbocycles. The molecule has 0 spiro atoms. The number of nitro benzene ring substituents is 1. The van der Waals surface area contributed by atoms with Crippen LogP contribution in [0.25, 0.3) is 0 Å². The molecule has 7 nitrogen and oxygen atoms in total. The van der Waals surface area contributed by atoms with E-state index in [0.29, 0.717) is 6.29 Å². The summed E-state index contributed by atoms with van der Waals surface area (Å²) in [7, 11) is 0. The fraction of sp³-hybridized carbons (Fsp3) is 0.333. The fourth-order valence-electron chi connectivity index (χ4n) is 1.51. The van der Waals surface area contributed by atoms with E-state index in [2.05, 4.69) is 5.32 Å². The molecule has 1 N–H and O–H groups in total. The van der Waals surface area contributed by atoms with E-state index >= 15 is 0 Å². The highest BCUT2D eigenvalue weighted by Crippen LogP contribution is 2.27. The summed E-state index contributed by atoms with van der Waals surface area (Å²) < 4.78 is 5.12. The van der Waals surface area contributed by atoms with E-state index in [-0.39, 0.29) is 35.6 Å². The quantitative estimate of drug-likeness (QED) is 0.470. The first-order valence-corrected chi connectivity index (χ1v) is 5.76. The lowest BCUT2D eigenvalue weighted by Crippen LogP contribution is -2.30. The molecule has 1 aliphatic rings. The number of benzene rings is 1. The Balaban J connectivity index is 2.03. The monoisotopic (exact) mass is 264 g/mol. The van der Waals surface area contributed by atoms with Gasteiger partial charge >= 0.3 is 5.69 Å². The molecule has 0 aromatic heterocycles. The number of hydrogen-bond acceptors (Lipinski definition) is 5. The first kappa shape index (κ1) is 13.0. The van der Waals surface area contributed by atoms with Crippen LogP contribution in [0.1, 0.15) is 23.2 Å². The molecule has 1 aliphatic carbocycles. The van der Waals surface area contributed by atoms with Gasteiger partial charge in [-0.1, -0.05) is 0 Å². The first-order chi connectivity index (χ1) is 9.10. The van der Waals surface area contributed by atoms with Gasteiger partial charge in [0.05, 0.1) is 4.92 Å². The largest absolute Gasteiger partial charge is 0.477 e. The summed E-state index contributed by atoms with van der Waals surface area (Å²) in [4.78, 5) is 32.1. The maximum absolute atomic E-state index is 11.4. The lowest BCUT2D eigenvalue weighted by molar-refractivity contribution is -0.385. The molecular formula is C12H12N2O5. The minimum Gasteiger partial charge on any atom is -0.477 e. The molecule has 7 heteroatoms. The van der Waals surface area contributed by atoms with E-state index in [1.54, 1.807) is 0 Å². The fourth-order valence-corrected chi connectivity index (χ4v) is 1.51. The maximum atomic E-state index is 11.4. The van der Waals surface area contributed by atoms with Crippen molar-refractivity contribution in [1.29, 1.82) is 0 Å². The minimum absolute atomic E-state index is 0.0263. The maximum Gasteiger partial charge on any atom is 0.311 e. The van der Waals surface area contributed by atoms with Crippen molar-refractivity contribution >= 4 is 17.9 Å². The lowest BCUT2D eigenvalue weighted by Gasteiger charge is -2.07. The van der Waals surface area contributed by atoms with Crippen LogP contribution in [0.2, 0.25) is 0 Å². The highest BCUT2D eigenvalue weighted by Gasteiger charge is 2.24. The van der Waals surface area contributed by atoms with Crippen LogP contribution < -0.4 is 10.1 Å². The number of nitrogens with zero attached hydrogens (tertiary/aromatic N) is 1. The van der Waals surface area contributed by atoms with Gasteiger partial charge in [0.25, 0.3) is 5.91 Å². The second kappa shape index (κ2) is 5.47. The van der Waals surface area contributed by atoms with Crippen LogP contribution >= 0.6 is 0 Å². The highest BCUT2D eigenvalue weighted by molar-refractivity contribution is 5.79. The van der Waals surface area contributed by atoms with Crippen LogP contribution in [-0.2, 0) is 4.79 Å². The number of ether oxygens (including phenoxy) is 1. The molecule has 2 rings (SSSR count). The average molecular weight is 264 g/mol. The molecule has 100 valence electrons. The molecule has 0 heterocycles. The van der Waals surface area contributed by atoms with Crippen LogP contribution in [0.15, 0.2) is 18.2 Å². The van der Waals surface area contributed by atoms with Crippen LogP contribution in [-0.4, -0.2) is 29.8 Å². The molecule has 0 saturated heterocycles. The van der Waals surface area contributed by atoms with E-state index < -0.39 is 4.92 Å². The van der Waals surface area contributed by atoms with Crippen molar-refractivity contribution in [3.8, 4) is 5.75 Å². The van der Waals surface area contributed by atoms with E-state index in [1.807, 2.05) is 0 Å². The number of hydrogen-bond donors (Lipinski definition) is 1. The van der Waals surface area contributed by atoms with Crippen molar-refractivity contribution in [1.82, 2.24) is 5.32 Å². The van der Waals surface area contributed by atoms with Crippen molar-refractivity contribution < 1.29 is 19.2 Å². The molecule has 0 aliphatic heterocycles. The Morgan fingerprint density at radius 2 is 2.26 bits per heavy atom. The summed E-state index contributed by atoms with van der Waals surface area (Å²) in [5, 5.41) is 13.5. The van der Waals surface area contributed by atoms with Gasteiger partial charge in [0, 0.05) is 17.7 Å². The van der Waals surface area contributed by atoms with Gasteiger partial charge in [0.2, 0.25) is 0 Å². The van der Waals surface area contributed by atoms with Crippen LogP contribution in [0.4, 0.5) is 5.69 Å². The Hall–Kier alpha value is -2.44. The molecule has 1 fully saturated rings. The van der Waals surface area contributed by atoms with Crippen molar-refractivity contribution in [2.45, 2.75) is 18.9 Å². The summed E-state index contributed by atoms with van der Waals surface area (Å²) in [5.74, 6) is -0.335.